The van der Waals surface area contributed by atoms with E-state index < -0.39 is 0 Å². The number of amides is 1. The van der Waals surface area contributed by atoms with E-state index in [1.54, 1.807) is 0 Å². The molecule has 1 aliphatic rings. The highest BCUT2D eigenvalue weighted by Crippen LogP contribution is 2.18. The van der Waals surface area contributed by atoms with Gasteiger partial charge in [-0.3, -0.25) is 4.79 Å². The summed E-state index contributed by atoms with van der Waals surface area (Å²) < 4.78 is 5.37. The molecule has 0 aromatic heterocycles. The van der Waals surface area contributed by atoms with Crippen molar-refractivity contribution in [1.82, 2.24) is 5.32 Å². The van der Waals surface area contributed by atoms with Crippen molar-refractivity contribution in [2.75, 3.05) is 25.0 Å². The van der Waals surface area contributed by atoms with Gasteiger partial charge in [-0.25, -0.2) is 0 Å². The Morgan fingerprint density at radius 2 is 2.38 bits per heavy atom. The van der Waals surface area contributed by atoms with E-state index in [0.717, 1.165) is 24.5 Å². The van der Waals surface area contributed by atoms with Crippen LogP contribution in [0, 0.1) is 5.92 Å². The first-order valence-corrected chi connectivity index (χ1v) is 5.54. The molecular formula is C12H16N2O2. The number of nitrogens with one attached hydrogen (secondary N) is 2. The van der Waals surface area contributed by atoms with Crippen molar-refractivity contribution in [3.63, 3.8) is 0 Å². The van der Waals surface area contributed by atoms with Crippen LogP contribution in [0.15, 0.2) is 24.3 Å². The summed E-state index contributed by atoms with van der Waals surface area (Å²) in [5.74, 6) is 0.968. The molecule has 2 N–H and O–H groups in total. The van der Waals surface area contributed by atoms with Crippen molar-refractivity contribution in [3.8, 4) is 5.75 Å². The maximum absolute atomic E-state index is 11.7. The van der Waals surface area contributed by atoms with E-state index in [4.69, 9.17) is 4.74 Å². The predicted molar refractivity (Wildman–Crippen MR) is 62.6 cm³/mol. The fraction of sp³-hybridized carbons (Fsp3) is 0.417. The van der Waals surface area contributed by atoms with Crippen LogP contribution in [0.1, 0.15) is 6.92 Å². The molecule has 0 aliphatic carbocycles. The minimum atomic E-state index is 0.0763. The Morgan fingerprint density at radius 3 is 3.00 bits per heavy atom. The topological polar surface area (TPSA) is 50.4 Å². The third kappa shape index (κ3) is 2.52. The third-order valence-electron chi connectivity index (χ3n) is 2.56. The van der Waals surface area contributed by atoms with Crippen LogP contribution in [0.2, 0.25) is 0 Å². The van der Waals surface area contributed by atoms with Gasteiger partial charge in [-0.2, -0.15) is 0 Å². The summed E-state index contributed by atoms with van der Waals surface area (Å²) in [6.07, 6.45) is 0. The molecular weight excluding hydrogens is 204 g/mol. The molecule has 16 heavy (non-hydrogen) atoms. The number of hydrogen-bond acceptors (Lipinski definition) is 3. The lowest BCUT2D eigenvalue weighted by atomic mass is 10.0. The van der Waals surface area contributed by atoms with Gasteiger partial charge in [-0.15, -0.1) is 0 Å². The first-order chi connectivity index (χ1) is 7.79. The van der Waals surface area contributed by atoms with Gasteiger partial charge in [0.15, 0.2) is 0 Å². The summed E-state index contributed by atoms with van der Waals surface area (Å²) in [6.45, 7) is 4.11. The molecule has 4 heteroatoms. The van der Waals surface area contributed by atoms with Gasteiger partial charge in [0.2, 0.25) is 5.91 Å². The van der Waals surface area contributed by atoms with Crippen LogP contribution in [-0.4, -0.2) is 25.6 Å². The minimum absolute atomic E-state index is 0.0763. The van der Waals surface area contributed by atoms with Crippen molar-refractivity contribution >= 4 is 11.6 Å². The number of hydrogen-bond donors (Lipinski definition) is 2. The SMILES string of the molecule is CCOc1cccc(NC(=O)C2CNC2)c1. The quantitative estimate of drug-likeness (QED) is 0.802. The zero-order valence-corrected chi connectivity index (χ0v) is 9.32. The van der Waals surface area contributed by atoms with Crippen molar-refractivity contribution < 1.29 is 9.53 Å². The Labute approximate surface area is 95.0 Å². The third-order valence-corrected chi connectivity index (χ3v) is 2.56. The second-order valence-electron chi connectivity index (χ2n) is 3.81. The van der Waals surface area contributed by atoms with Gasteiger partial charge in [0.05, 0.1) is 12.5 Å². The Kier molecular flexibility index (Phi) is 3.41. The Hall–Kier alpha value is -1.55. The molecule has 1 aromatic rings. The standard InChI is InChI=1S/C12H16N2O2/c1-2-16-11-5-3-4-10(6-11)14-12(15)9-7-13-8-9/h3-6,9,13H,2,7-8H2,1H3,(H,14,15). The molecule has 1 fully saturated rings. The van der Waals surface area contributed by atoms with Crippen LogP contribution in [0.4, 0.5) is 5.69 Å². The first kappa shape index (κ1) is 11.0. The Bertz CT molecular complexity index is 375. The highest BCUT2D eigenvalue weighted by atomic mass is 16.5. The maximum atomic E-state index is 11.7. The van der Waals surface area contributed by atoms with Crippen LogP contribution in [0.25, 0.3) is 0 Å². The van der Waals surface area contributed by atoms with Gasteiger partial charge in [0.1, 0.15) is 5.75 Å². The number of anilines is 1. The van der Waals surface area contributed by atoms with Crippen molar-refractivity contribution in [1.29, 1.82) is 0 Å². The number of carbonyl (C=O) groups excluding carboxylic acids is 1. The summed E-state index contributed by atoms with van der Waals surface area (Å²) in [5.41, 5.74) is 0.794. The summed E-state index contributed by atoms with van der Waals surface area (Å²) in [7, 11) is 0. The molecule has 1 saturated heterocycles. The molecule has 0 atom stereocenters. The molecule has 0 saturated carbocycles. The van der Waals surface area contributed by atoms with Gasteiger partial charge in [0.25, 0.3) is 0 Å². The molecule has 4 nitrogen and oxygen atoms in total. The molecule has 1 heterocycles. The van der Waals surface area contributed by atoms with E-state index >= 15 is 0 Å². The normalized spacial score (nSPS) is 15.3. The Balaban J connectivity index is 1.97. The zero-order chi connectivity index (χ0) is 11.4. The zero-order valence-electron chi connectivity index (χ0n) is 9.32. The fourth-order valence-corrected chi connectivity index (χ4v) is 1.55. The van der Waals surface area contributed by atoms with E-state index in [0.29, 0.717) is 6.61 Å². The van der Waals surface area contributed by atoms with Gasteiger partial charge < -0.3 is 15.4 Å². The van der Waals surface area contributed by atoms with Crippen molar-refractivity contribution in [2.45, 2.75) is 6.92 Å². The number of ether oxygens (including phenoxy) is 1. The van der Waals surface area contributed by atoms with E-state index in [-0.39, 0.29) is 11.8 Å². The average molecular weight is 220 g/mol. The highest BCUT2D eigenvalue weighted by molar-refractivity contribution is 5.93. The van der Waals surface area contributed by atoms with E-state index in [2.05, 4.69) is 10.6 Å². The molecule has 1 aliphatic heterocycles. The summed E-state index contributed by atoms with van der Waals surface area (Å²) in [5, 5.41) is 5.96. The van der Waals surface area contributed by atoms with Gasteiger partial charge >= 0.3 is 0 Å². The minimum Gasteiger partial charge on any atom is -0.494 e. The first-order valence-electron chi connectivity index (χ1n) is 5.54. The highest BCUT2D eigenvalue weighted by Gasteiger charge is 2.24. The molecule has 0 spiro atoms. The average Bonchev–Trinajstić information content (AvgIpc) is 2.15. The molecule has 0 bridgehead atoms. The van der Waals surface area contributed by atoms with Gasteiger partial charge in [-0.05, 0) is 19.1 Å². The lowest BCUT2D eigenvalue weighted by Crippen LogP contribution is -2.48. The summed E-state index contributed by atoms with van der Waals surface area (Å²) in [6, 6.07) is 7.46. The number of benzene rings is 1. The van der Waals surface area contributed by atoms with Crippen LogP contribution < -0.4 is 15.4 Å². The lowest BCUT2D eigenvalue weighted by molar-refractivity contribution is -0.121. The summed E-state index contributed by atoms with van der Waals surface area (Å²) >= 11 is 0. The van der Waals surface area contributed by atoms with Crippen LogP contribution in [0.5, 0.6) is 5.75 Å². The maximum Gasteiger partial charge on any atom is 0.230 e. The van der Waals surface area contributed by atoms with Crippen LogP contribution >= 0.6 is 0 Å². The van der Waals surface area contributed by atoms with Crippen LogP contribution in [0.3, 0.4) is 0 Å². The fourth-order valence-electron chi connectivity index (χ4n) is 1.55. The molecule has 1 aromatic carbocycles. The second-order valence-corrected chi connectivity index (χ2v) is 3.81. The molecule has 86 valence electrons. The summed E-state index contributed by atoms with van der Waals surface area (Å²) in [4.78, 5) is 11.7. The second kappa shape index (κ2) is 4.99. The van der Waals surface area contributed by atoms with Gasteiger partial charge in [0, 0.05) is 24.8 Å². The molecule has 1 amide bonds. The largest absolute Gasteiger partial charge is 0.494 e. The van der Waals surface area contributed by atoms with Crippen LogP contribution in [-0.2, 0) is 4.79 Å². The predicted octanol–water partition coefficient (Wildman–Crippen LogP) is 1.24. The number of carbonyl (C=O) groups is 1. The monoisotopic (exact) mass is 220 g/mol. The van der Waals surface area contributed by atoms with E-state index in [1.165, 1.54) is 0 Å². The number of rotatable bonds is 4. The molecule has 2 rings (SSSR count). The van der Waals surface area contributed by atoms with Crippen molar-refractivity contribution in [2.24, 2.45) is 5.92 Å². The van der Waals surface area contributed by atoms with Gasteiger partial charge in [-0.1, -0.05) is 6.07 Å². The molecule has 0 unspecified atom stereocenters. The Morgan fingerprint density at radius 1 is 1.56 bits per heavy atom. The van der Waals surface area contributed by atoms with Crippen molar-refractivity contribution in [3.05, 3.63) is 24.3 Å². The van der Waals surface area contributed by atoms with E-state index in [1.807, 2.05) is 31.2 Å². The molecule has 0 radical (unpaired) electrons. The smallest absolute Gasteiger partial charge is 0.230 e. The van der Waals surface area contributed by atoms with E-state index in [9.17, 15) is 4.79 Å². The lowest BCUT2D eigenvalue weighted by Gasteiger charge is -2.25.